The second-order valence-corrected chi connectivity index (χ2v) is 5.37. The molecule has 4 nitrogen and oxygen atoms in total. The Morgan fingerprint density at radius 1 is 1.10 bits per heavy atom. The number of fused-ring (bicyclic) bond motifs is 1. The Bertz CT molecular complexity index is 780. The van der Waals surface area contributed by atoms with Crippen LogP contribution in [0.5, 0.6) is 0 Å². The molecule has 0 aliphatic heterocycles. The molecule has 0 radical (unpaired) electrons. The fourth-order valence-corrected chi connectivity index (χ4v) is 2.52. The normalized spacial score (nSPS) is 12.0. The van der Waals surface area contributed by atoms with Gasteiger partial charge in [-0.2, -0.15) is 18.2 Å². The maximum absolute atomic E-state index is 12.3. The molecular weight excluding hydrogens is 301 g/mol. The Hall–Kier alpha value is -2.22. The van der Waals surface area contributed by atoms with Crippen LogP contribution in [-0.2, 0) is 0 Å². The first-order valence-electron chi connectivity index (χ1n) is 5.89. The van der Waals surface area contributed by atoms with Gasteiger partial charge in [0.2, 0.25) is 5.95 Å². The molecule has 0 aliphatic rings. The summed E-state index contributed by atoms with van der Waals surface area (Å²) < 4.78 is 38.4. The van der Waals surface area contributed by atoms with E-state index in [-0.39, 0.29) is 22.6 Å². The maximum Gasteiger partial charge on any atom is 0.446 e. The Kier molecular flexibility index (Phi) is 3.25. The third-order valence-corrected chi connectivity index (χ3v) is 3.52. The highest BCUT2D eigenvalue weighted by Gasteiger charge is 2.29. The molecule has 8 heteroatoms. The van der Waals surface area contributed by atoms with E-state index in [2.05, 4.69) is 10.1 Å². The Morgan fingerprint density at radius 3 is 2.48 bits per heavy atom. The molecule has 3 aromatic rings. The largest absolute Gasteiger partial charge is 0.446 e. The van der Waals surface area contributed by atoms with Gasteiger partial charge in [-0.1, -0.05) is 12.1 Å². The quantitative estimate of drug-likeness (QED) is 0.735. The van der Waals surface area contributed by atoms with Gasteiger partial charge in [0.15, 0.2) is 5.65 Å². The van der Waals surface area contributed by atoms with Crippen LogP contribution >= 0.6 is 11.8 Å². The fraction of sp³-hybridized carbons (Fsp3) is 0.0769. The number of nitrogen functional groups attached to an aromatic ring is 1. The van der Waals surface area contributed by atoms with Crippen molar-refractivity contribution in [3.63, 3.8) is 0 Å². The van der Waals surface area contributed by atoms with Gasteiger partial charge < -0.3 is 5.73 Å². The van der Waals surface area contributed by atoms with E-state index in [1.54, 1.807) is 24.4 Å². The van der Waals surface area contributed by atoms with Crippen molar-refractivity contribution in [1.82, 2.24) is 14.6 Å². The van der Waals surface area contributed by atoms with Gasteiger partial charge in [0, 0.05) is 16.7 Å². The van der Waals surface area contributed by atoms with E-state index >= 15 is 0 Å². The summed E-state index contributed by atoms with van der Waals surface area (Å²) >= 11 is -0.141. The molecule has 0 aliphatic carbocycles. The summed E-state index contributed by atoms with van der Waals surface area (Å²) in [5.41, 5.74) is 3.34. The van der Waals surface area contributed by atoms with Crippen LogP contribution in [0.1, 0.15) is 0 Å². The van der Waals surface area contributed by atoms with Crippen LogP contribution in [-0.4, -0.2) is 20.1 Å². The molecule has 0 saturated heterocycles. The molecule has 0 spiro atoms. The zero-order valence-electron chi connectivity index (χ0n) is 10.5. The van der Waals surface area contributed by atoms with E-state index in [0.29, 0.717) is 5.65 Å². The zero-order chi connectivity index (χ0) is 15.0. The second kappa shape index (κ2) is 4.96. The summed E-state index contributed by atoms with van der Waals surface area (Å²) in [6.07, 6.45) is 1.70. The number of benzene rings is 1. The van der Waals surface area contributed by atoms with Crippen LogP contribution in [0.25, 0.3) is 16.8 Å². The number of hydrogen-bond acceptors (Lipinski definition) is 4. The van der Waals surface area contributed by atoms with Crippen LogP contribution in [0.15, 0.2) is 47.5 Å². The minimum atomic E-state index is -4.29. The first-order valence-corrected chi connectivity index (χ1v) is 6.71. The fourth-order valence-electron chi connectivity index (χ4n) is 1.98. The van der Waals surface area contributed by atoms with E-state index in [1.165, 1.54) is 16.6 Å². The van der Waals surface area contributed by atoms with Crippen LogP contribution in [0.3, 0.4) is 0 Å². The number of nitrogens with zero attached hydrogens (tertiary/aromatic N) is 3. The van der Waals surface area contributed by atoms with E-state index in [0.717, 1.165) is 11.1 Å². The van der Waals surface area contributed by atoms with Gasteiger partial charge in [-0.05, 0) is 41.6 Å². The van der Waals surface area contributed by atoms with Gasteiger partial charge in [0.05, 0.1) is 0 Å². The Balaban J connectivity index is 1.99. The predicted octanol–water partition coefficient (Wildman–Crippen LogP) is 3.59. The molecular formula is C13H9F3N4S. The van der Waals surface area contributed by atoms with Gasteiger partial charge in [-0.3, -0.25) is 0 Å². The molecule has 0 atom stereocenters. The van der Waals surface area contributed by atoms with Gasteiger partial charge >= 0.3 is 5.51 Å². The topological polar surface area (TPSA) is 56.2 Å². The molecule has 0 amide bonds. The lowest BCUT2D eigenvalue weighted by Crippen LogP contribution is -1.98. The number of halogens is 3. The molecule has 21 heavy (non-hydrogen) atoms. The summed E-state index contributed by atoms with van der Waals surface area (Å²) in [6.45, 7) is 0. The summed E-state index contributed by atoms with van der Waals surface area (Å²) in [7, 11) is 0. The minimum absolute atomic E-state index is 0.138. The van der Waals surface area contributed by atoms with E-state index in [1.807, 2.05) is 6.07 Å². The standard InChI is InChI=1S/C13H9F3N4S/c14-13(15,16)21-9-5-3-8(4-6-9)10-2-1-7-20-11(10)18-12(17)19-20/h1-7H,(H2,17,19). The van der Waals surface area contributed by atoms with E-state index < -0.39 is 5.51 Å². The highest BCUT2D eigenvalue weighted by molar-refractivity contribution is 8.00. The molecule has 2 N–H and O–H groups in total. The van der Waals surface area contributed by atoms with E-state index in [9.17, 15) is 13.2 Å². The SMILES string of the molecule is Nc1nc2c(-c3ccc(SC(F)(F)F)cc3)cccn2n1. The van der Waals surface area contributed by atoms with Crippen molar-refractivity contribution in [2.75, 3.05) is 5.73 Å². The summed E-state index contributed by atoms with van der Waals surface area (Å²) in [6, 6.07) is 9.68. The van der Waals surface area contributed by atoms with Gasteiger partial charge in [-0.25, -0.2) is 4.52 Å². The molecule has 0 bridgehead atoms. The lowest BCUT2D eigenvalue weighted by Gasteiger charge is -2.07. The van der Waals surface area contributed by atoms with Crippen LogP contribution < -0.4 is 5.73 Å². The maximum atomic E-state index is 12.3. The van der Waals surface area contributed by atoms with Crippen molar-refractivity contribution in [1.29, 1.82) is 0 Å². The molecule has 0 saturated carbocycles. The molecule has 0 unspecified atom stereocenters. The average molecular weight is 310 g/mol. The molecule has 1 aromatic carbocycles. The van der Waals surface area contributed by atoms with Crippen LogP contribution in [0.4, 0.5) is 19.1 Å². The monoisotopic (exact) mass is 310 g/mol. The Labute approximate surface area is 121 Å². The number of nitrogens with two attached hydrogens (primary N) is 1. The highest BCUT2D eigenvalue weighted by Crippen LogP contribution is 2.37. The smallest absolute Gasteiger partial charge is 0.366 e. The number of thioether (sulfide) groups is 1. The summed E-state index contributed by atoms with van der Waals surface area (Å²) in [5, 5.41) is 4.00. The van der Waals surface area contributed by atoms with Crippen molar-refractivity contribution in [2.24, 2.45) is 0 Å². The molecule has 2 heterocycles. The zero-order valence-corrected chi connectivity index (χ0v) is 11.3. The molecule has 108 valence electrons. The van der Waals surface area contributed by atoms with Crippen LogP contribution in [0.2, 0.25) is 0 Å². The van der Waals surface area contributed by atoms with Gasteiger partial charge in [0.25, 0.3) is 0 Å². The number of pyridine rings is 1. The van der Waals surface area contributed by atoms with Gasteiger partial charge in [0.1, 0.15) is 0 Å². The third-order valence-electron chi connectivity index (χ3n) is 2.78. The minimum Gasteiger partial charge on any atom is -0.366 e. The molecule has 3 rings (SSSR count). The number of aromatic nitrogens is 3. The predicted molar refractivity (Wildman–Crippen MR) is 74.7 cm³/mol. The number of hydrogen-bond donors (Lipinski definition) is 1. The Morgan fingerprint density at radius 2 is 1.81 bits per heavy atom. The van der Waals surface area contributed by atoms with Crippen molar-refractivity contribution < 1.29 is 13.2 Å². The summed E-state index contributed by atoms with van der Waals surface area (Å²) in [5.74, 6) is 0.145. The van der Waals surface area contributed by atoms with Crippen molar-refractivity contribution in [3.8, 4) is 11.1 Å². The van der Waals surface area contributed by atoms with Gasteiger partial charge in [-0.15, -0.1) is 5.10 Å². The van der Waals surface area contributed by atoms with Crippen molar-refractivity contribution in [2.45, 2.75) is 10.4 Å². The third kappa shape index (κ3) is 2.94. The van der Waals surface area contributed by atoms with Crippen LogP contribution in [0, 0.1) is 0 Å². The lowest BCUT2D eigenvalue weighted by atomic mass is 10.1. The molecule has 0 fully saturated rings. The molecule has 2 aromatic heterocycles. The first kappa shape index (κ1) is 13.7. The van der Waals surface area contributed by atoms with Crippen molar-refractivity contribution in [3.05, 3.63) is 42.6 Å². The number of rotatable bonds is 2. The number of alkyl halides is 3. The summed E-state index contributed by atoms with van der Waals surface area (Å²) in [4.78, 5) is 4.25. The second-order valence-electron chi connectivity index (χ2n) is 4.23. The van der Waals surface area contributed by atoms with E-state index in [4.69, 9.17) is 5.73 Å². The number of anilines is 1. The first-order chi connectivity index (χ1) is 9.92. The highest BCUT2D eigenvalue weighted by atomic mass is 32.2. The lowest BCUT2D eigenvalue weighted by molar-refractivity contribution is -0.0328. The van der Waals surface area contributed by atoms with Crippen molar-refractivity contribution >= 4 is 23.4 Å². The average Bonchev–Trinajstić information content (AvgIpc) is 2.78.